The molecule has 0 saturated heterocycles. The van der Waals surface area contributed by atoms with E-state index in [-0.39, 0.29) is 0 Å². The third-order valence-corrected chi connectivity index (χ3v) is 2.90. The summed E-state index contributed by atoms with van der Waals surface area (Å²) in [6, 6.07) is 5.75. The van der Waals surface area contributed by atoms with Crippen molar-refractivity contribution in [1.29, 1.82) is 0 Å². The minimum Gasteiger partial charge on any atom is -0.506 e. The summed E-state index contributed by atoms with van der Waals surface area (Å²) in [6.45, 7) is 5.49. The fraction of sp³-hybridized carbons (Fsp3) is 0.500. The van der Waals surface area contributed by atoms with E-state index in [1.165, 1.54) is 5.56 Å². The van der Waals surface area contributed by atoms with Crippen molar-refractivity contribution in [3.63, 3.8) is 0 Å². The van der Waals surface area contributed by atoms with Crippen molar-refractivity contribution in [1.82, 2.24) is 0 Å². The molecule has 2 N–H and O–H groups in total. The first kappa shape index (κ1) is 9.38. The average molecular weight is 191 g/mol. The highest BCUT2D eigenvalue weighted by Crippen LogP contribution is 2.36. The lowest BCUT2D eigenvalue weighted by Crippen LogP contribution is -2.15. The van der Waals surface area contributed by atoms with Crippen molar-refractivity contribution in [3.8, 4) is 5.75 Å². The van der Waals surface area contributed by atoms with Crippen LogP contribution in [0.3, 0.4) is 0 Å². The predicted molar refractivity (Wildman–Crippen MR) is 58.7 cm³/mol. The highest BCUT2D eigenvalue weighted by molar-refractivity contribution is 5.62. The Kier molecular flexibility index (Phi) is 2.14. The van der Waals surface area contributed by atoms with Crippen LogP contribution < -0.4 is 5.32 Å². The molecule has 0 amide bonds. The molecule has 76 valence electrons. The summed E-state index contributed by atoms with van der Waals surface area (Å²) in [5.74, 6) is 0.375. The Morgan fingerprint density at radius 2 is 2.14 bits per heavy atom. The lowest BCUT2D eigenvalue weighted by molar-refractivity contribution is 0.349. The Hall–Kier alpha value is -1.18. The van der Waals surface area contributed by atoms with Crippen LogP contribution in [0.25, 0.3) is 0 Å². The quantitative estimate of drug-likeness (QED) is 0.618. The number of phenols is 1. The lowest BCUT2D eigenvalue weighted by Gasteiger charge is -2.21. The minimum absolute atomic E-state index is 0.325. The van der Waals surface area contributed by atoms with Crippen LogP contribution in [0.5, 0.6) is 5.75 Å². The highest BCUT2D eigenvalue weighted by Gasteiger charge is 2.23. The Morgan fingerprint density at radius 3 is 2.93 bits per heavy atom. The summed E-state index contributed by atoms with van der Waals surface area (Å²) >= 11 is 0. The van der Waals surface area contributed by atoms with Crippen LogP contribution in [-0.4, -0.2) is 11.7 Å². The number of fused-ring (bicyclic) bond motifs is 1. The van der Waals surface area contributed by atoms with Crippen LogP contribution in [0.4, 0.5) is 5.69 Å². The third kappa shape index (κ3) is 1.69. The fourth-order valence-corrected chi connectivity index (χ4v) is 2.07. The molecule has 1 aliphatic heterocycles. The number of phenolic OH excluding ortho intramolecular Hbond substituents is 1. The van der Waals surface area contributed by atoms with E-state index < -0.39 is 0 Å². The van der Waals surface area contributed by atoms with Gasteiger partial charge in [0.25, 0.3) is 0 Å². The van der Waals surface area contributed by atoms with E-state index in [1.54, 1.807) is 6.07 Å². The smallest absolute Gasteiger partial charge is 0.138 e. The van der Waals surface area contributed by atoms with Crippen LogP contribution in [0.15, 0.2) is 18.2 Å². The number of anilines is 1. The van der Waals surface area contributed by atoms with E-state index in [0.717, 1.165) is 25.1 Å². The van der Waals surface area contributed by atoms with Crippen molar-refractivity contribution in [2.75, 3.05) is 11.9 Å². The summed E-state index contributed by atoms with van der Waals surface area (Å²) in [5, 5.41) is 13.0. The normalized spacial score (nSPS) is 19.3. The maximum absolute atomic E-state index is 9.69. The number of aromatic hydroxyl groups is 1. The van der Waals surface area contributed by atoms with Gasteiger partial charge in [0.05, 0.1) is 5.69 Å². The van der Waals surface area contributed by atoms with Gasteiger partial charge in [0, 0.05) is 6.54 Å². The molecule has 1 heterocycles. The maximum atomic E-state index is 9.69. The molecule has 0 fully saturated rings. The number of para-hydroxylation sites is 1. The van der Waals surface area contributed by atoms with Gasteiger partial charge in [0.1, 0.15) is 5.75 Å². The van der Waals surface area contributed by atoms with E-state index in [0.29, 0.717) is 11.2 Å². The number of hydrogen-bond acceptors (Lipinski definition) is 2. The highest BCUT2D eigenvalue weighted by atomic mass is 16.3. The zero-order valence-electron chi connectivity index (χ0n) is 8.80. The van der Waals surface area contributed by atoms with E-state index >= 15 is 0 Å². The van der Waals surface area contributed by atoms with Gasteiger partial charge in [-0.2, -0.15) is 0 Å². The van der Waals surface area contributed by atoms with Crippen molar-refractivity contribution >= 4 is 5.69 Å². The summed E-state index contributed by atoms with van der Waals surface area (Å²) in [4.78, 5) is 0. The van der Waals surface area contributed by atoms with Gasteiger partial charge in [-0.3, -0.25) is 0 Å². The molecule has 0 aliphatic carbocycles. The first-order chi connectivity index (χ1) is 6.58. The third-order valence-electron chi connectivity index (χ3n) is 2.90. The standard InChI is InChI=1S/C12H17NO/c1-12(2)6-7-13-11-9(8-12)4-3-5-10(11)14/h3-5,13-14H,6-8H2,1-2H3. The van der Waals surface area contributed by atoms with Crippen molar-refractivity contribution in [2.45, 2.75) is 26.7 Å². The molecule has 0 aromatic heterocycles. The van der Waals surface area contributed by atoms with Crippen LogP contribution in [0, 0.1) is 5.41 Å². The van der Waals surface area contributed by atoms with E-state index in [2.05, 4.69) is 25.2 Å². The molecule has 0 atom stereocenters. The molecule has 14 heavy (non-hydrogen) atoms. The molecule has 2 rings (SSSR count). The largest absolute Gasteiger partial charge is 0.506 e. The summed E-state index contributed by atoms with van der Waals surface area (Å²) in [5.41, 5.74) is 2.48. The molecule has 0 bridgehead atoms. The van der Waals surface area contributed by atoms with Gasteiger partial charge in [0.2, 0.25) is 0 Å². The Bertz CT molecular complexity index is 344. The fourth-order valence-electron chi connectivity index (χ4n) is 2.07. The molecule has 0 radical (unpaired) electrons. The Morgan fingerprint density at radius 1 is 1.36 bits per heavy atom. The maximum Gasteiger partial charge on any atom is 0.138 e. The first-order valence-electron chi connectivity index (χ1n) is 5.13. The molecule has 2 heteroatoms. The van der Waals surface area contributed by atoms with Gasteiger partial charge in [-0.1, -0.05) is 26.0 Å². The van der Waals surface area contributed by atoms with Crippen molar-refractivity contribution in [2.24, 2.45) is 5.41 Å². The SMILES string of the molecule is CC1(C)CCNc2c(O)cccc2C1. The van der Waals surface area contributed by atoms with Crippen LogP contribution in [0.2, 0.25) is 0 Å². The zero-order valence-corrected chi connectivity index (χ0v) is 8.80. The lowest BCUT2D eigenvalue weighted by atomic mass is 9.83. The Balaban J connectivity index is 2.42. The van der Waals surface area contributed by atoms with Gasteiger partial charge in [-0.15, -0.1) is 0 Å². The number of rotatable bonds is 0. The van der Waals surface area contributed by atoms with Gasteiger partial charge >= 0.3 is 0 Å². The van der Waals surface area contributed by atoms with Gasteiger partial charge in [0.15, 0.2) is 0 Å². The van der Waals surface area contributed by atoms with Crippen molar-refractivity contribution in [3.05, 3.63) is 23.8 Å². The average Bonchev–Trinajstić information content (AvgIpc) is 2.23. The Labute approximate surface area is 85.0 Å². The second-order valence-corrected chi connectivity index (χ2v) is 4.83. The molecule has 0 saturated carbocycles. The molecule has 1 aromatic carbocycles. The van der Waals surface area contributed by atoms with E-state index in [9.17, 15) is 5.11 Å². The molecule has 0 spiro atoms. The summed E-state index contributed by atoms with van der Waals surface area (Å²) < 4.78 is 0. The molecule has 2 nitrogen and oxygen atoms in total. The summed E-state index contributed by atoms with van der Waals surface area (Å²) in [6.07, 6.45) is 2.17. The van der Waals surface area contributed by atoms with Crippen LogP contribution >= 0.6 is 0 Å². The number of hydrogen-bond donors (Lipinski definition) is 2. The number of benzene rings is 1. The van der Waals surface area contributed by atoms with Crippen LogP contribution in [-0.2, 0) is 6.42 Å². The molecule has 1 aliphatic rings. The molecule has 0 unspecified atom stereocenters. The van der Waals surface area contributed by atoms with Gasteiger partial charge in [-0.05, 0) is 29.9 Å². The van der Waals surface area contributed by atoms with Gasteiger partial charge in [-0.25, -0.2) is 0 Å². The van der Waals surface area contributed by atoms with E-state index in [4.69, 9.17) is 0 Å². The predicted octanol–water partition coefficient (Wildman–Crippen LogP) is 2.78. The second-order valence-electron chi connectivity index (χ2n) is 4.83. The number of nitrogens with one attached hydrogen (secondary N) is 1. The monoisotopic (exact) mass is 191 g/mol. The topological polar surface area (TPSA) is 32.3 Å². The molecule has 1 aromatic rings. The van der Waals surface area contributed by atoms with Crippen molar-refractivity contribution < 1.29 is 5.11 Å². The van der Waals surface area contributed by atoms with Crippen LogP contribution in [0.1, 0.15) is 25.8 Å². The van der Waals surface area contributed by atoms with E-state index in [1.807, 2.05) is 6.07 Å². The minimum atomic E-state index is 0.325. The van der Waals surface area contributed by atoms with Gasteiger partial charge < -0.3 is 10.4 Å². The summed E-state index contributed by atoms with van der Waals surface area (Å²) in [7, 11) is 0. The first-order valence-corrected chi connectivity index (χ1v) is 5.13. The zero-order chi connectivity index (χ0) is 10.2. The molecular weight excluding hydrogens is 174 g/mol. The molecular formula is C12H17NO. The second kappa shape index (κ2) is 3.19.